The van der Waals surface area contributed by atoms with Crippen LogP contribution in [0.1, 0.15) is 46.1 Å². The van der Waals surface area contributed by atoms with Crippen molar-refractivity contribution in [1.29, 1.82) is 5.26 Å². The third-order valence-corrected chi connectivity index (χ3v) is 4.75. The topological polar surface area (TPSA) is 61.9 Å². The summed E-state index contributed by atoms with van der Waals surface area (Å²) in [5.41, 5.74) is 2.94. The first-order chi connectivity index (χ1) is 11.0. The number of hydrogen-bond donors (Lipinski definition) is 0. The highest BCUT2D eigenvalue weighted by Gasteiger charge is 2.34. The largest absolute Gasteiger partial charge is 0.331 e. The number of carbonyl (C=O) groups excluding carboxylic acids is 1. The summed E-state index contributed by atoms with van der Waals surface area (Å²) in [6.07, 6.45) is 1.83. The van der Waals surface area contributed by atoms with Gasteiger partial charge in [-0.1, -0.05) is 11.6 Å². The average Bonchev–Trinajstić information content (AvgIpc) is 3.12. The highest BCUT2D eigenvalue weighted by atomic mass is 35.5. The zero-order chi connectivity index (χ0) is 16.6. The molecule has 1 atom stereocenters. The fourth-order valence-corrected chi connectivity index (χ4v) is 3.49. The van der Waals surface area contributed by atoms with Crippen LogP contribution in [0, 0.1) is 18.3 Å². The molecule has 0 aliphatic carbocycles. The van der Waals surface area contributed by atoms with Crippen LogP contribution < -0.4 is 0 Å². The molecule has 0 saturated carbocycles. The number of likely N-dealkylation sites (tertiary alicyclic amines) is 1. The Morgan fingerprint density at radius 3 is 2.65 bits per heavy atom. The molecule has 6 heteroatoms. The second-order valence-electron chi connectivity index (χ2n) is 5.76. The second-order valence-corrected chi connectivity index (χ2v) is 6.12. The van der Waals surface area contributed by atoms with Crippen molar-refractivity contribution < 1.29 is 4.79 Å². The minimum atomic E-state index is -0.0423. The summed E-state index contributed by atoms with van der Waals surface area (Å²) in [5, 5.41) is 13.8. The number of aryl methyl sites for hydroxylation is 2. The van der Waals surface area contributed by atoms with Crippen molar-refractivity contribution in [2.24, 2.45) is 7.05 Å². The van der Waals surface area contributed by atoms with E-state index >= 15 is 0 Å². The van der Waals surface area contributed by atoms with Gasteiger partial charge in [0.05, 0.1) is 23.4 Å². The number of hydrogen-bond acceptors (Lipinski definition) is 3. The third-order valence-electron chi connectivity index (χ3n) is 4.30. The number of halogens is 1. The van der Waals surface area contributed by atoms with Crippen LogP contribution in [0.15, 0.2) is 24.3 Å². The van der Waals surface area contributed by atoms with Crippen LogP contribution >= 0.6 is 11.6 Å². The monoisotopic (exact) mass is 328 g/mol. The van der Waals surface area contributed by atoms with Crippen LogP contribution in [0.3, 0.4) is 0 Å². The molecule has 1 saturated heterocycles. The number of nitrogens with zero attached hydrogens (tertiary/aromatic N) is 4. The van der Waals surface area contributed by atoms with Gasteiger partial charge < -0.3 is 4.90 Å². The Hall–Kier alpha value is -2.32. The number of benzene rings is 1. The first kappa shape index (κ1) is 15.6. The van der Waals surface area contributed by atoms with Crippen LogP contribution in [0.25, 0.3) is 0 Å². The van der Waals surface area contributed by atoms with Gasteiger partial charge in [0.1, 0.15) is 5.15 Å². The first-order valence-corrected chi connectivity index (χ1v) is 7.91. The molecule has 5 nitrogen and oxygen atoms in total. The van der Waals surface area contributed by atoms with Crippen molar-refractivity contribution in [2.45, 2.75) is 25.8 Å². The van der Waals surface area contributed by atoms with Gasteiger partial charge in [-0.25, -0.2) is 0 Å². The maximum absolute atomic E-state index is 12.8. The molecular formula is C17H17ClN4O. The van der Waals surface area contributed by atoms with Gasteiger partial charge in [0, 0.05) is 24.7 Å². The van der Waals surface area contributed by atoms with Crippen LogP contribution in [0.4, 0.5) is 0 Å². The van der Waals surface area contributed by atoms with E-state index in [9.17, 15) is 4.79 Å². The van der Waals surface area contributed by atoms with Crippen molar-refractivity contribution in [3.63, 3.8) is 0 Å². The molecule has 2 aromatic rings. The van der Waals surface area contributed by atoms with E-state index in [0.29, 0.717) is 22.8 Å². The van der Waals surface area contributed by atoms with Crippen molar-refractivity contribution in [2.75, 3.05) is 6.54 Å². The van der Waals surface area contributed by atoms with Crippen LogP contribution in [-0.2, 0) is 7.05 Å². The average molecular weight is 329 g/mol. The molecule has 1 aliphatic rings. The zero-order valence-electron chi connectivity index (χ0n) is 13.1. The minimum Gasteiger partial charge on any atom is -0.331 e. The van der Waals surface area contributed by atoms with Crippen molar-refractivity contribution >= 4 is 17.5 Å². The smallest absolute Gasteiger partial charge is 0.254 e. The van der Waals surface area contributed by atoms with Gasteiger partial charge >= 0.3 is 0 Å². The number of nitriles is 1. The van der Waals surface area contributed by atoms with Gasteiger partial charge in [0.2, 0.25) is 0 Å². The number of rotatable bonds is 2. The van der Waals surface area contributed by atoms with E-state index in [1.807, 2.05) is 11.8 Å². The van der Waals surface area contributed by atoms with E-state index in [4.69, 9.17) is 16.9 Å². The van der Waals surface area contributed by atoms with E-state index in [0.717, 1.165) is 24.1 Å². The van der Waals surface area contributed by atoms with Gasteiger partial charge in [0.25, 0.3) is 5.91 Å². The Morgan fingerprint density at radius 1 is 1.39 bits per heavy atom. The van der Waals surface area contributed by atoms with Gasteiger partial charge in [-0.15, -0.1) is 0 Å². The van der Waals surface area contributed by atoms with E-state index < -0.39 is 0 Å². The predicted octanol–water partition coefficient (Wildman–Crippen LogP) is 3.23. The van der Waals surface area contributed by atoms with Crippen LogP contribution in [0.2, 0.25) is 5.15 Å². The van der Waals surface area contributed by atoms with Gasteiger partial charge in [0.15, 0.2) is 0 Å². The van der Waals surface area contributed by atoms with Crippen molar-refractivity contribution in [3.05, 3.63) is 51.8 Å². The Kier molecular flexibility index (Phi) is 4.10. The molecule has 0 radical (unpaired) electrons. The summed E-state index contributed by atoms with van der Waals surface area (Å²) >= 11 is 6.38. The lowest BCUT2D eigenvalue weighted by Gasteiger charge is -2.25. The fourth-order valence-electron chi connectivity index (χ4n) is 3.19. The lowest BCUT2D eigenvalue weighted by atomic mass is 10.0. The lowest BCUT2D eigenvalue weighted by Crippen LogP contribution is -2.30. The molecule has 2 heterocycles. The molecule has 1 fully saturated rings. The van der Waals surface area contributed by atoms with E-state index in [2.05, 4.69) is 11.2 Å². The fraction of sp³-hybridized carbons (Fsp3) is 0.353. The molecule has 3 rings (SSSR count). The molecule has 1 aromatic heterocycles. The molecule has 1 aliphatic heterocycles. The molecule has 0 bridgehead atoms. The predicted molar refractivity (Wildman–Crippen MR) is 87.1 cm³/mol. The molecule has 118 valence electrons. The van der Waals surface area contributed by atoms with Crippen LogP contribution in [-0.4, -0.2) is 27.1 Å². The molecule has 0 spiro atoms. The quantitative estimate of drug-likeness (QED) is 0.850. The maximum Gasteiger partial charge on any atom is 0.254 e. The Balaban J connectivity index is 1.92. The van der Waals surface area contributed by atoms with Crippen LogP contribution in [0.5, 0.6) is 0 Å². The molecule has 23 heavy (non-hydrogen) atoms. The number of amides is 1. The van der Waals surface area contributed by atoms with Gasteiger partial charge in [-0.05, 0) is 44.0 Å². The van der Waals surface area contributed by atoms with E-state index in [-0.39, 0.29) is 11.9 Å². The van der Waals surface area contributed by atoms with Gasteiger partial charge in [-0.2, -0.15) is 10.4 Å². The summed E-state index contributed by atoms with van der Waals surface area (Å²) in [6.45, 7) is 2.62. The summed E-state index contributed by atoms with van der Waals surface area (Å²) in [4.78, 5) is 14.7. The summed E-state index contributed by atoms with van der Waals surface area (Å²) in [7, 11) is 1.81. The molecular weight excluding hydrogens is 312 g/mol. The zero-order valence-corrected chi connectivity index (χ0v) is 13.8. The Bertz CT molecular complexity index is 788. The molecule has 0 N–H and O–H groups in total. The summed E-state index contributed by atoms with van der Waals surface area (Å²) in [6, 6.07) is 8.76. The molecule has 0 unspecified atom stereocenters. The van der Waals surface area contributed by atoms with Gasteiger partial charge in [-0.3, -0.25) is 9.48 Å². The van der Waals surface area contributed by atoms with Crippen molar-refractivity contribution in [3.8, 4) is 6.07 Å². The third kappa shape index (κ3) is 2.71. The summed E-state index contributed by atoms with van der Waals surface area (Å²) in [5.74, 6) is -0.0312. The van der Waals surface area contributed by atoms with Crippen molar-refractivity contribution in [1.82, 2.24) is 14.7 Å². The standard InChI is InChI=1S/C17H17ClN4O/c1-11-15(16(18)21(2)20-11)14-4-3-9-22(14)17(23)13-7-5-12(10-19)6-8-13/h5-8,14H,3-4,9H2,1-2H3/t14-/m0/s1. The first-order valence-electron chi connectivity index (χ1n) is 7.53. The number of carbonyl (C=O) groups is 1. The highest BCUT2D eigenvalue weighted by Crippen LogP contribution is 2.38. The Morgan fingerprint density at radius 2 is 2.09 bits per heavy atom. The lowest BCUT2D eigenvalue weighted by molar-refractivity contribution is 0.0735. The summed E-state index contributed by atoms with van der Waals surface area (Å²) < 4.78 is 1.65. The number of aromatic nitrogens is 2. The normalized spacial score (nSPS) is 17.3. The SMILES string of the molecule is Cc1nn(C)c(Cl)c1[C@@H]1CCCN1C(=O)c1ccc(C#N)cc1. The molecule has 1 amide bonds. The second kappa shape index (κ2) is 6.05. The van der Waals surface area contributed by atoms with E-state index in [1.54, 1.807) is 36.0 Å². The van der Waals surface area contributed by atoms with E-state index in [1.165, 1.54) is 0 Å². The Labute approximate surface area is 140 Å². The maximum atomic E-state index is 12.8. The molecule has 1 aromatic carbocycles. The minimum absolute atomic E-state index is 0.0312. The highest BCUT2D eigenvalue weighted by molar-refractivity contribution is 6.30.